The summed E-state index contributed by atoms with van der Waals surface area (Å²) in [5, 5.41) is 17.9. The molecule has 4 rings (SSSR count). The molecule has 37 heavy (non-hydrogen) atoms. The molecule has 1 saturated heterocycles. The lowest BCUT2D eigenvalue weighted by atomic mass is 9.88. The number of hydrogen-bond donors (Lipinski definition) is 3. The second kappa shape index (κ2) is 12.9. The molecular formula is C30H42N2O5. The van der Waals surface area contributed by atoms with Crippen LogP contribution in [0.3, 0.4) is 0 Å². The van der Waals surface area contributed by atoms with Gasteiger partial charge in [-0.15, -0.1) is 0 Å². The fraction of sp³-hybridized carbons (Fsp3) is 0.567. The van der Waals surface area contributed by atoms with Crippen LogP contribution in [0.15, 0.2) is 48.5 Å². The Morgan fingerprint density at radius 2 is 1.89 bits per heavy atom. The highest BCUT2D eigenvalue weighted by Crippen LogP contribution is 2.40. The summed E-state index contributed by atoms with van der Waals surface area (Å²) in [6.45, 7) is 7.98. The van der Waals surface area contributed by atoms with Gasteiger partial charge in [-0.05, 0) is 56.7 Å². The molecule has 1 fully saturated rings. The molecule has 2 aliphatic rings. The second-order valence-electron chi connectivity index (χ2n) is 10.8. The van der Waals surface area contributed by atoms with Crippen molar-refractivity contribution in [1.29, 1.82) is 0 Å². The first-order valence-electron chi connectivity index (χ1n) is 13.6. The summed E-state index contributed by atoms with van der Waals surface area (Å²) < 4.78 is 17.4. The molecule has 2 aliphatic heterocycles. The van der Waals surface area contributed by atoms with E-state index in [9.17, 15) is 9.90 Å². The van der Waals surface area contributed by atoms with Crippen LogP contribution in [0.4, 0.5) is 0 Å². The van der Waals surface area contributed by atoms with E-state index in [1.165, 1.54) is 5.56 Å². The van der Waals surface area contributed by atoms with Gasteiger partial charge in [0.2, 0.25) is 5.91 Å². The zero-order chi connectivity index (χ0) is 26.3. The molecule has 0 radical (unpaired) electrons. The molecule has 3 atom stereocenters. The molecule has 7 nitrogen and oxygen atoms in total. The highest BCUT2D eigenvalue weighted by atomic mass is 16.5. The first-order chi connectivity index (χ1) is 17.8. The van der Waals surface area contributed by atoms with E-state index in [2.05, 4.69) is 49.6 Å². The summed E-state index contributed by atoms with van der Waals surface area (Å²) in [5.41, 5.74) is 3.12. The average Bonchev–Trinajstić information content (AvgIpc) is 2.90. The number of rotatable bonds is 11. The summed E-state index contributed by atoms with van der Waals surface area (Å²) in [5.74, 6) is 0.677. The van der Waals surface area contributed by atoms with Gasteiger partial charge in [-0.25, -0.2) is 0 Å². The number of carbonyl (C=O) groups excluding carboxylic acids is 1. The number of hydrogen-bond acceptors (Lipinski definition) is 6. The second-order valence-corrected chi connectivity index (χ2v) is 10.8. The number of carbonyl (C=O) groups is 1. The van der Waals surface area contributed by atoms with Gasteiger partial charge in [0, 0.05) is 37.8 Å². The smallest absolute Gasteiger partial charge is 0.246 e. The quantitative estimate of drug-likeness (QED) is 0.427. The third-order valence-corrected chi connectivity index (χ3v) is 7.24. The molecule has 3 N–H and O–H groups in total. The maximum Gasteiger partial charge on any atom is 0.246 e. The van der Waals surface area contributed by atoms with Crippen molar-refractivity contribution in [1.82, 2.24) is 10.6 Å². The molecule has 0 aromatic heterocycles. The minimum absolute atomic E-state index is 0.0164. The molecule has 0 spiro atoms. The predicted octanol–water partition coefficient (Wildman–Crippen LogP) is 3.72. The fourth-order valence-electron chi connectivity index (χ4n) is 5.15. The number of ether oxygens (including phenoxy) is 3. The molecule has 1 amide bonds. The highest BCUT2D eigenvalue weighted by molar-refractivity contribution is 5.77. The Morgan fingerprint density at radius 3 is 2.62 bits per heavy atom. The summed E-state index contributed by atoms with van der Waals surface area (Å²) in [6.07, 6.45) is 3.13. The van der Waals surface area contributed by atoms with Crippen LogP contribution in [0, 0.1) is 0 Å². The van der Waals surface area contributed by atoms with Crippen LogP contribution in [-0.2, 0) is 27.1 Å². The van der Waals surface area contributed by atoms with Crippen molar-refractivity contribution in [3.8, 4) is 5.75 Å². The van der Waals surface area contributed by atoms with Crippen LogP contribution in [0.25, 0.3) is 0 Å². The van der Waals surface area contributed by atoms with Crippen LogP contribution in [0.5, 0.6) is 5.75 Å². The third-order valence-electron chi connectivity index (χ3n) is 7.24. The maximum absolute atomic E-state index is 12.8. The molecule has 2 aromatic rings. The first-order valence-corrected chi connectivity index (χ1v) is 13.6. The van der Waals surface area contributed by atoms with E-state index in [4.69, 9.17) is 14.2 Å². The van der Waals surface area contributed by atoms with E-state index in [0.29, 0.717) is 26.2 Å². The van der Waals surface area contributed by atoms with E-state index in [1.54, 1.807) is 0 Å². The Balaban J connectivity index is 1.41. The van der Waals surface area contributed by atoms with Crippen molar-refractivity contribution in [2.45, 2.75) is 82.8 Å². The van der Waals surface area contributed by atoms with Crippen molar-refractivity contribution in [3.63, 3.8) is 0 Å². The van der Waals surface area contributed by atoms with Gasteiger partial charge >= 0.3 is 0 Å². The molecule has 2 heterocycles. The number of amides is 1. The summed E-state index contributed by atoms with van der Waals surface area (Å²) in [7, 11) is 0. The summed E-state index contributed by atoms with van der Waals surface area (Å²) >= 11 is 0. The Kier molecular flexibility index (Phi) is 9.60. The lowest BCUT2D eigenvalue weighted by molar-refractivity contribution is -0.131. The highest BCUT2D eigenvalue weighted by Gasteiger charge is 2.34. The fourth-order valence-corrected chi connectivity index (χ4v) is 5.15. The number of aryl methyl sites for hydroxylation is 1. The summed E-state index contributed by atoms with van der Waals surface area (Å²) in [4.78, 5) is 12.8. The predicted molar refractivity (Wildman–Crippen MR) is 144 cm³/mol. The number of fused-ring (bicyclic) bond motifs is 1. The molecular weight excluding hydrogens is 468 g/mol. The van der Waals surface area contributed by atoms with E-state index in [1.807, 2.05) is 30.3 Å². The van der Waals surface area contributed by atoms with Crippen molar-refractivity contribution in [3.05, 3.63) is 65.2 Å². The van der Waals surface area contributed by atoms with Crippen LogP contribution in [0.1, 0.15) is 62.8 Å². The van der Waals surface area contributed by atoms with Crippen molar-refractivity contribution in [2.24, 2.45) is 0 Å². The SMILES string of the molecule is CCc1ccc2c(c1)[C@@H](NC[C@@H](O)[C@H](Cc1ccccc1)NC(=O)COC1CCOCC1)CC(C)(C)O2. The monoisotopic (exact) mass is 510 g/mol. The Bertz CT molecular complexity index is 1010. The third kappa shape index (κ3) is 8.01. The van der Waals surface area contributed by atoms with Crippen LogP contribution in [-0.4, -0.2) is 61.2 Å². The Morgan fingerprint density at radius 1 is 1.14 bits per heavy atom. The van der Waals surface area contributed by atoms with Crippen molar-refractivity contribution in [2.75, 3.05) is 26.4 Å². The Labute approximate surface area is 220 Å². The molecule has 7 heteroatoms. The van der Waals surface area contributed by atoms with E-state index in [0.717, 1.165) is 42.6 Å². The van der Waals surface area contributed by atoms with E-state index >= 15 is 0 Å². The van der Waals surface area contributed by atoms with Crippen LogP contribution >= 0.6 is 0 Å². The molecule has 0 bridgehead atoms. The zero-order valence-electron chi connectivity index (χ0n) is 22.4. The normalized spacial score (nSPS) is 20.9. The molecule has 0 saturated carbocycles. The molecule has 0 aliphatic carbocycles. The largest absolute Gasteiger partial charge is 0.487 e. The average molecular weight is 511 g/mol. The van der Waals surface area contributed by atoms with Crippen LogP contribution in [0.2, 0.25) is 0 Å². The standard InChI is InChI=1S/C30H42N2O5/c1-4-21-10-11-28-24(16-21)26(18-30(2,3)37-28)31-19-27(33)25(17-22-8-6-5-7-9-22)32-29(34)20-36-23-12-14-35-15-13-23/h5-11,16,23,25-27,31,33H,4,12-15,17-20H2,1-3H3,(H,32,34)/t25-,26-,27+/m0/s1. The van der Waals surface area contributed by atoms with Crippen molar-refractivity contribution >= 4 is 5.91 Å². The maximum atomic E-state index is 12.8. The van der Waals surface area contributed by atoms with Gasteiger partial charge in [-0.3, -0.25) is 4.79 Å². The van der Waals surface area contributed by atoms with E-state index in [-0.39, 0.29) is 30.3 Å². The van der Waals surface area contributed by atoms with Gasteiger partial charge in [0.15, 0.2) is 0 Å². The molecule has 2 aromatic carbocycles. The lowest BCUT2D eigenvalue weighted by Crippen LogP contribution is -2.51. The van der Waals surface area contributed by atoms with E-state index < -0.39 is 12.1 Å². The van der Waals surface area contributed by atoms with Gasteiger partial charge < -0.3 is 30.0 Å². The van der Waals surface area contributed by atoms with Gasteiger partial charge in [-0.2, -0.15) is 0 Å². The van der Waals surface area contributed by atoms with Crippen molar-refractivity contribution < 1.29 is 24.1 Å². The molecule has 202 valence electrons. The van der Waals surface area contributed by atoms with Gasteiger partial charge in [0.05, 0.1) is 18.2 Å². The number of benzene rings is 2. The number of aliphatic hydroxyl groups is 1. The van der Waals surface area contributed by atoms with Gasteiger partial charge in [-0.1, -0.05) is 49.4 Å². The summed E-state index contributed by atoms with van der Waals surface area (Å²) in [6, 6.07) is 15.9. The number of aliphatic hydroxyl groups excluding tert-OH is 1. The van der Waals surface area contributed by atoms with Gasteiger partial charge in [0.1, 0.15) is 18.0 Å². The Hall–Kier alpha value is -2.45. The molecule has 0 unspecified atom stereocenters. The topological polar surface area (TPSA) is 89.1 Å². The number of nitrogens with one attached hydrogen (secondary N) is 2. The lowest BCUT2D eigenvalue weighted by Gasteiger charge is -2.39. The minimum Gasteiger partial charge on any atom is -0.487 e. The van der Waals surface area contributed by atoms with Gasteiger partial charge in [0.25, 0.3) is 0 Å². The first kappa shape index (κ1) is 27.6. The van der Waals surface area contributed by atoms with Crippen LogP contribution < -0.4 is 15.4 Å². The zero-order valence-corrected chi connectivity index (χ0v) is 22.4. The minimum atomic E-state index is -0.781.